The van der Waals surface area contributed by atoms with E-state index in [2.05, 4.69) is 20.0 Å². The number of carbonyl (C=O) groups excluding carboxylic acids is 2. The summed E-state index contributed by atoms with van der Waals surface area (Å²) < 4.78 is 20.0. The van der Waals surface area contributed by atoms with Gasteiger partial charge in [0.05, 0.1) is 27.4 Å². The monoisotopic (exact) mass is 558 g/mol. The minimum Gasteiger partial charge on any atom is -0.453 e. The molecule has 166 valence electrons. The summed E-state index contributed by atoms with van der Waals surface area (Å²) in [7, 11) is 1.23. The number of fused-ring (bicyclic) bond motifs is 2. The molecule has 0 spiro atoms. The number of aliphatic hydroxyl groups is 1. The smallest absolute Gasteiger partial charge is 0.413 e. The number of carbonyl (C=O) groups is 2. The number of imidazole rings is 1. The molecule has 0 bridgehead atoms. The number of anilines is 2. The number of ether oxygens (including phenoxy) is 1. The van der Waals surface area contributed by atoms with Crippen LogP contribution in [0.2, 0.25) is 0 Å². The number of methoxy groups -OCH3 is 1. The van der Waals surface area contributed by atoms with E-state index in [4.69, 9.17) is 0 Å². The molecule has 1 aliphatic rings. The highest BCUT2D eigenvalue weighted by atomic mass is 127. The first-order valence-corrected chi connectivity index (χ1v) is 10.9. The number of amides is 2. The average Bonchev–Trinajstić information content (AvgIpc) is 3.32. The summed E-state index contributed by atoms with van der Waals surface area (Å²) in [5.41, 5.74) is -0.0846. The van der Waals surface area contributed by atoms with Gasteiger partial charge in [-0.3, -0.25) is 15.0 Å². The lowest BCUT2D eigenvalue weighted by molar-refractivity contribution is 0.0699. The van der Waals surface area contributed by atoms with E-state index in [-0.39, 0.29) is 17.2 Å². The predicted molar refractivity (Wildman–Crippen MR) is 127 cm³/mol. The minimum atomic E-state index is -1.98. The first-order valence-electron chi connectivity index (χ1n) is 9.80. The van der Waals surface area contributed by atoms with Crippen molar-refractivity contribution in [3.05, 3.63) is 86.7 Å². The Morgan fingerprint density at radius 3 is 2.79 bits per heavy atom. The highest BCUT2D eigenvalue weighted by Gasteiger charge is 2.51. The van der Waals surface area contributed by atoms with E-state index >= 15 is 4.39 Å². The van der Waals surface area contributed by atoms with Crippen LogP contribution in [0, 0.1) is 9.39 Å². The first kappa shape index (κ1) is 21.3. The maximum Gasteiger partial charge on any atom is 0.413 e. The first-order chi connectivity index (χ1) is 15.8. The maximum atomic E-state index is 15.1. The quantitative estimate of drug-likeness (QED) is 0.325. The fourth-order valence-corrected chi connectivity index (χ4v) is 4.51. The van der Waals surface area contributed by atoms with E-state index < -0.39 is 23.5 Å². The third-order valence-corrected chi connectivity index (χ3v) is 6.36. The third kappa shape index (κ3) is 3.25. The van der Waals surface area contributed by atoms with Gasteiger partial charge in [0.15, 0.2) is 11.5 Å². The zero-order valence-electron chi connectivity index (χ0n) is 17.1. The van der Waals surface area contributed by atoms with Crippen molar-refractivity contribution < 1.29 is 23.8 Å². The molecule has 2 amide bonds. The van der Waals surface area contributed by atoms with Crippen LogP contribution in [0.15, 0.2) is 60.7 Å². The number of aromatic nitrogens is 2. The molecule has 1 unspecified atom stereocenters. The van der Waals surface area contributed by atoms with Crippen LogP contribution in [0.4, 0.5) is 20.8 Å². The Morgan fingerprint density at radius 1 is 1.21 bits per heavy atom. The van der Waals surface area contributed by atoms with E-state index in [1.54, 1.807) is 54.6 Å². The van der Waals surface area contributed by atoms with Crippen molar-refractivity contribution in [3.63, 3.8) is 0 Å². The lowest BCUT2D eigenvalue weighted by Crippen LogP contribution is -2.45. The molecule has 10 heteroatoms. The fraction of sp³-hybridized carbons (Fsp3) is 0.0870. The SMILES string of the molecule is COC(=O)Nc1nc2ccc(C3(O)c4ccccc4C(=O)N3c3cccc(I)c3F)cc2[nH]1. The summed E-state index contributed by atoms with van der Waals surface area (Å²) in [5, 5.41) is 14.5. The molecule has 1 atom stereocenters. The van der Waals surface area contributed by atoms with Crippen molar-refractivity contribution in [2.45, 2.75) is 5.72 Å². The van der Waals surface area contributed by atoms with Crippen molar-refractivity contribution in [1.29, 1.82) is 0 Å². The highest BCUT2D eigenvalue weighted by molar-refractivity contribution is 14.1. The van der Waals surface area contributed by atoms with Crippen LogP contribution in [0.5, 0.6) is 0 Å². The molecule has 1 aromatic heterocycles. The van der Waals surface area contributed by atoms with Gasteiger partial charge in [-0.1, -0.05) is 30.3 Å². The van der Waals surface area contributed by atoms with Gasteiger partial charge in [0.2, 0.25) is 5.95 Å². The van der Waals surface area contributed by atoms with Crippen molar-refractivity contribution in [3.8, 4) is 0 Å². The zero-order chi connectivity index (χ0) is 23.3. The summed E-state index contributed by atoms with van der Waals surface area (Å²) in [6.45, 7) is 0. The van der Waals surface area contributed by atoms with E-state index in [1.165, 1.54) is 13.2 Å². The Bertz CT molecular complexity index is 1440. The van der Waals surface area contributed by atoms with Gasteiger partial charge in [-0.05, 0) is 52.9 Å². The van der Waals surface area contributed by atoms with Crippen molar-refractivity contribution >= 4 is 57.3 Å². The third-order valence-electron chi connectivity index (χ3n) is 5.52. The van der Waals surface area contributed by atoms with E-state index in [1.807, 2.05) is 22.6 Å². The Morgan fingerprint density at radius 2 is 2.00 bits per heavy atom. The summed E-state index contributed by atoms with van der Waals surface area (Å²) in [5.74, 6) is -0.971. The Balaban J connectivity index is 1.70. The van der Waals surface area contributed by atoms with Crippen molar-refractivity contribution in [2.24, 2.45) is 0 Å². The van der Waals surface area contributed by atoms with Gasteiger partial charge in [0, 0.05) is 16.7 Å². The van der Waals surface area contributed by atoms with Crippen LogP contribution in [-0.4, -0.2) is 34.2 Å². The molecule has 3 N–H and O–H groups in total. The van der Waals surface area contributed by atoms with Gasteiger partial charge in [0.25, 0.3) is 5.91 Å². The summed E-state index contributed by atoms with van der Waals surface area (Å²) in [6.07, 6.45) is -0.691. The number of benzene rings is 3. The molecule has 8 nitrogen and oxygen atoms in total. The van der Waals surface area contributed by atoms with Crippen LogP contribution in [-0.2, 0) is 10.5 Å². The molecule has 4 aromatic rings. The van der Waals surface area contributed by atoms with Crippen LogP contribution in [0.3, 0.4) is 0 Å². The molecule has 3 aromatic carbocycles. The van der Waals surface area contributed by atoms with Crippen LogP contribution in [0.25, 0.3) is 11.0 Å². The Kier molecular flexibility index (Phi) is 5.05. The molecule has 0 saturated heterocycles. The van der Waals surface area contributed by atoms with Crippen LogP contribution >= 0.6 is 22.6 Å². The summed E-state index contributed by atoms with van der Waals surface area (Å²) in [6, 6.07) is 16.2. The number of nitrogens with one attached hydrogen (secondary N) is 2. The van der Waals surface area contributed by atoms with Crippen molar-refractivity contribution in [2.75, 3.05) is 17.3 Å². The molecule has 0 saturated carbocycles. The van der Waals surface area contributed by atoms with Crippen molar-refractivity contribution in [1.82, 2.24) is 9.97 Å². The minimum absolute atomic E-state index is 0.0386. The van der Waals surface area contributed by atoms with Gasteiger partial charge in [-0.2, -0.15) is 0 Å². The number of hydrogen-bond donors (Lipinski definition) is 3. The zero-order valence-corrected chi connectivity index (χ0v) is 19.3. The van der Waals surface area contributed by atoms with Gasteiger partial charge >= 0.3 is 6.09 Å². The largest absolute Gasteiger partial charge is 0.453 e. The van der Waals surface area contributed by atoms with Gasteiger partial charge in [-0.25, -0.2) is 14.2 Å². The lowest BCUT2D eigenvalue weighted by Gasteiger charge is -2.35. The summed E-state index contributed by atoms with van der Waals surface area (Å²) >= 11 is 1.84. The average molecular weight is 558 g/mol. The summed E-state index contributed by atoms with van der Waals surface area (Å²) in [4.78, 5) is 33.2. The standard InChI is InChI=1S/C23H16FIN4O4/c1-33-22(31)28-21-26-16-10-9-12(11-17(16)27-21)23(32)14-6-3-2-5-13(14)20(30)29(23)18-8-4-7-15(25)19(18)24/h2-11,32H,1H3,(H2,26,27,28,31). The number of nitrogens with zero attached hydrogens (tertiary/aromatic N) is 2. The Hall–Kier alpha value is -3.51. The van der Waals surface area contributed by atoms with E-state index in [0.29, 0.717) is 25.7 Å². The highest BCUT2D eigenvalue weighted by Crippen LogP contribution is 2.46. The topological polar surface area (TPSA) is 108 Å². The second-order valence-corrected chi connectivity index (χ2v) is 8.53. The second-order valence-electron chi connectivity index (χ2n) is 7.37. The number of aromatic amines is 1. The van der Waals surface area contributed by atoms with Crippen LogP contribution < -0.4 is 10.2 Å². The number of hydrogen-bond acceptors (Lipinski definition) is 5. The van der Waals surface area contributed by atoms with E-state index in [0.717, 1.165) is 4.90 Å². The molecular formula is C23H16FIN4O4. The number of H-pyrrole nitrogens is 1. The molecule has 2 heterocycles. The normalized spacial score (nSPS) is 17.3. The fourth-order valence-electron chi connectivity index (χ4n) is 4.03. The van der Waals surface area contributed by atoms with Gasteiger partial charge in [0.1, 0.15) is 0 Å². The van der Waals surface area contributed by atoms with Gasteiger partial charge in [-0.15, -0.1) is 0 Å². The molecular weight excluding hydrogens is 542 g/mol. The molecule has 0 radical (unpaired) electrons. The predicted octanol–water partition coefficient (Wildman–Crippen LogP) is 4.34. The maximum absolute atomic E-state index is 15.1. The molecule has 0 aliphatic carbocycles. The lowest BCUT2D eigenvalue weighted by atomic mass is 9.93. The van der Waals surface area contributed by atoms with Crippen LogP contribution in [0.1, 0.15) is 21.5 Å². The Labute approximate surface area is 200 Å². The number of rotatable bonds is 3. The number of halogens is 2. The van der Waals surface area contributed by atoms with Gasteiger partial charge < -0.3 is 14.8 Å². The molecule has 33 heavy (non-hydrogen) atoms. The second kappa shape index (κ2) is 7.81. The van der Waals surface area contributed by atoms with E-state index in [9.17, 15) is 14.7 Å². The molecule has 0 fully saturated rings. The molecule has 1 aliphatic heterocycles. The molecule has 5 rings (SSSR count).